The van der Waals surface area contributed by atoms with Crippen LogP contribution in [0.5, 0.6) is 0 Å². The van der Waals surface area contributed by atoms with E-state index in [0.29, 0.717) is 13.1 Å². The molecule has 1 aliphatic rings. The third-order valence-corrected chi connectivity index (χ3v) is 4.52. The molecule has 0 fully saturated rings. The molecular formula is C17H21N5O3. The zero-order valence-electron chi connectivity index (χ0n) is 14.3. The van der Waals surface area contributed by atoms with Crippen molar-refractivity contribution in [2.45, 2.75) is 32.5 Å². The summed E-state index contributed by atoms with van der Waals surface area (Å²) in [5.41, 5.74) is 2.20. The summed E-state index contributed by atoms with van der Waals surface area (Å²) in [6.45, 7) is 3.70. The molecule has 2 heterocycles. The van der Waals surface area contributed by atoms with Gasteiger partial charge >= 0.3 is 5.69 Å². The number of rotatable bonds is 4. The molecule has 25 heavy (non-hydrogen) atoms. The number of fused-ring (bicyclic) bond motifs is 1. The maximum Gasteiger partial charge on any atom is 0.306 e. The number of benzene rings is 1. The Balaban J connectivity index is 1.69. The molecular weight excluding hydrogens is 322 g/mol. The van der Waals surface area contributed by atoms with Crippen LogP contribution in [0.2, 0.25) is 0 Å². The molecule has 0 aliphatic carbocycles. The fourth-order valence-corrected chi connectivity index (χ4v) is 3.21. The van der Waals surface area contributed by atoms with Crippen molar-refractivity contribution < 1.29 is 9.72 Å². The summed E-state index contributed by atoms with van der Waals surface area (Å²) in [6.07, 6.45) is 2.81. The van der Waals surface area contributed by atoms with E-state index in [1.807, 2.05) is 37.1 Å². The Bertz CT molecular complexity index is 788. The van der Waals surface area contributed by atoms with Gasteiger partial charge in [-0.05, 0) is 18.6 Å². The maximum atomic E-state index is 12.7. The number of anilines is 1. The first-order valence-corrected chi connectivity index (χ1v) is 8.21. The molecule has 1 atom stereocenters. The lowest BCUT2D eigenvalue weighted by Gasteiger charge is -2.28. The summed E-state index contributed by atoms with van der Waals surface area (Å²) in [5, 5.41) is 14.6. The van der Waals surface area contributed by atoms with Gasteiger partial charge in [0, 0.05) is 44.8 Å². The molecule has 8 nitrogen and oxygen atoms in total. The number of nitro groups is 1. The number of amides is 1. The molecule has 132 valence electrons. The second-order valence-electron chi connectivity index (χ2n) is 6.35. The van der Waals surface area contributed by atoms with E-state index in [-0.39, 0.29) is 24.1 Å². The number of hydrogen-bond donors (Lipinski definition) is 0. The molecule has 1 amide bonds. The smallest absolute Gasteiger partial charge is 0.306 e. The zero-order chi connectivity index (χ0) is 18.0. The van der Waals surface area contributed by atoms with E-state index >= 15 is 0 Å². The molecule has 1 aromatic heterocycles. The highest BCUT2D eigenvalue weighted by molar-refractivity contribution is 5.77. The molecule has 3 rings (SSSR count). The first-order chi connectivity index (χ1) is 12.0. The Kier molecular flexibility index (Phi) is 4.69. The fourth-order valence-electron chi connectivity index (χ4n) is 3.21. The Morgan fingerprint density at radius 1 is 1.40 bits per heavy atom. The molecule has 0 saturated heterocycles. The summed E-state index contributed by atoms with van der Waals surface area (Å²) >= 11 is 0. The van der Waals surface area contributed by atoms with Crippen molar-refractivity contribution >= 4 is 17.3 Å². The minimum atomic E-state index is -0.491. The number of para-hydroxylation sites is 1. The van der Waals surface area contributed by atoms with Crippen molar-refractivity contribution in [3.05, 3.63) is 52.3 Å². The Labute approximate surface area is 145 Å². The topological polar surface area (TPSA) is 84.5 Å². The third kappa shape index (κ3) is 3.62. The van der Waals surface area contributed by atoms with Gasteiger partial charge in [-0.1, -0.05) is 18.2 Å². The largest absolute Gasteiger partial charge is 0.372 e. The first-order valence-electron chi connectivity index (χ1n) is 8.21. The van der Waals surface area contributed by atoms with Crippen LogP contribution in [0.15, 0.2) is 36.7 Å². The lowest BCUT2D eigenvalue weighted by Crippen LogP contribution is -2.42. The summed E-state index contributed by atoms with van der Waals surface area (Å²) < 4.78 is 1.44. The number of carbonyl (C=O) groups is 1. The molecule has 0 radical (unpaired) electrons. The molecule has 0 bridgehead atoms. The van der Waals surface area contributed by atoms with Crippen LogP contribution in [-0.2, 0) is 17.9 Å². The number of likely N-dealkylation sites (N-methyl/N-ethyl adjacent to an activating group) is 1. The molecule has 2 aromatic rings. The van der Waals surface area contributed by atoms with Crippen molar-refractivity contribution in [3.8, 4) is 0 Å². The standard InChI is InChI=1S/C17H21N5O3/c1-13-10-19(2)16-6-4-3-5-14(16)11-21(13)17(23)7-8-20-12-15(9-18-20)22(24)25/h3-6,9,12-13H,7-8,10-11H2,1-2H3/t13-/m0/s1. The molecule has 0 unspecified atom stereocenters. The predicted molar refractivity (Wildman–Crippen MR) is 93.2 cm³/mol. The van der Waals surface area contributed by atoms with E-state index in [1.165, 1.54) is 17.1 Å². The van der Waals surface area contributed by atoms with Crippen LogP contribution in [-0.4, -0.2) is 45.1 Å². The monoisotopic (exact) mass is 343 g/mol. The van der Waals surface area contributed by atoms with Crippen LogP contribution in [0.4, 0.5) is 11.4 Å². The van der Waals surface area contributed by atoms with Gasteiger partial charge in [0.1, 0.15) is 12.4 Å². The number of nitrogens with zero attached hydrogens (tertiary/aromatic N) is 5. The van der Waals surface area contributed by atoms with E-state index in [1.54, 1.807) is 0 Å². The molecule has 8 heteroatoms. The average molecular weight is 343 g/mol. The van der Waals surface area contributed by atoms with Gasteiger partial charge in [0.05, 0.1) is 4.92 Å². The van der Waals surface area contributed by atoms with Gasteiger partial charge in [0.25, 0.3) is 0 Å². The highest BCUT2D eigenvalue weighted by Gasteiger charge is 2.26. The van der Waals surface area contributed by atoms with Gasteiger partial charge in [0.15, 0.2) is 0 Å². The molecule has 0 N–H and O–H groups in total. The van der Waals surface area contributed by atoms with Gasteiger partial charge in [-0.15, -0.1) is 0 Å². The van der Waals surface area contributed by atoms with Gasteiger partial charge in [0.2, 0.25) is 5.91 Å². The minimum Gasteiger partial charge on any atom is -0.372 e. The molecule has 0 saturated carbocycles. The van der Waals surface area contributed by atoms with Crippen molar-refractivity contribution in [2.24, 2.45) is 0 Å². The van der Waals surface area contributed by atoms with E-state index in [2.05, 4.69) is 16.1 Å². The number of carbonyl (C=O) groups excluding carboxylic acids is 1. The van der Waals surface area contributed by atoms with Crippen LogP contribution >= 0.6 is 0 Å². The Hall–Kier alpha value is -2.90. The quantitative estimate of drug-likeness (QED) is 0.626. The van der Waals surface area contributed by atoms with E-state index < -0.39 is 4.92 Å². The minimum absolute atomic E-state index is 0.0238. The van der Waals surface area contributed by atoms with Crippen molar-refractivity contribution in [2.75, 3.05) is 18.5 Å². The van der Waals surface area contributed by atoms with Crippen LogP contribution in [0.3, 0.4) is 0 Å². The summed E-state index contributed by atoms with van der Waals surface area (Å²) in [4.78, 5) is 27.0. The van der Waals surface area contributed by atoms with Crippen molar-refractivity contribution in [1.29, 1.82) is 0 Å². The van der Waals surface area contributed by atoms with Crippen LogP contribution in [0.25, 0.3) is 0 Å². The Morgan fingerprint density at radius 3 is 2.88 bits per heavy atom. The summed E-state index contributed by atoms with van der Waals surface area (Å²) in [5.74, 6) is 0.0238. The van der Waals surface area contributed by atoms with Gasteiger partial charge in [-0.3, -0.25) is 19.6 Å². The van der Waals surface area contributed by atoms with E-state index in [4.69, 9.17) is 0 Å². The number of aromatic nitrogens is 2. The lowest BCUT2D eigenvalue weighted by atomic mass is 10.1. The van der Waals surface area contributed by atoms with Crippen molar-refractivity contribution in [1.82, 2.24) is 14.7 Å². The normalized spacial score (nSPS) is 17.1. The van der Waals surface area contributed by atoms with Gasteiger partial charge in [-0.25, -0.2) is 0 Å². The second-order valence-corrected chi connectivity index (χ2v) is 6.35. The number of hydrogen-bond acceptors (Lipinski definition) is 5. The van der Waals surface area contributed by atoms with E-state index in [0.717, 1.165) is 17.8 Å². The fraction of sp³-hybridized carbons (Fsp3) is 0.412. The third-order valence-electron chi connectivity index (χ3n) is 4.52. The van der Waals surface area contributed by atoms with Crippen LogP contribution < -0.4 is 4.90 Å². The van der Waals surface area contributed by atoms with Crippen LogP contribution in [0.1, 0.15) is 18.9 Å². The Morgan fingerprint density at radius 2 is 2.16 bits per heavy atom. The SMILES string of the molecule is C[C@H]1CN(C)c2ccccc2CN1C(=O)CCn1cc([N+](=O)[O-])cn1. The van der Waals surface area contributed by atoms with E-state index in [9.17, 15) is 14.9 Å². The highest BCUT2D eigenvalue weighted by Crippen LogP contribution is 2.26. The van der Waals surface area contributed by atoms with Crippen LogP contribution in [0, 0.1) is 10.1 Å². The summed E-state index contributed by atoms with van der Waals surface area (Å²) in [6, 6.07) is 8.17. The molecule has 1 aliphatic heterocycles. The number of aryl methyl sites for hydroxylation is 1. The first kappa shape index (κ1) is 16.9. The molecule has 1 aromatic carbocycles. The van der Waals surface area contributed by atoms with Gasteiger partial charge in [-0.2, -0.15) is 5.10 Å². The second kappa shape index (κ2) is 6.92. The van der Waals surface area contributed by atoms with Gasteiger partial charge < -0.3 is 9.80 Å². The highest BCUT2D eigenvalue weighted by atomic mass is 16.6. The predicted octanol–water partition coefficient (Wildman–Crippen LogP) is 2.05. The lowest BCUT2D eigenvalue weighted by molar-refractivity contribution is -0.385. The molecule has 0 spiro atoms. The zero-order valence-corrected chi connectivity index (χ0v) is 14.3. The maximum absolute atomic E-state index is 12.7. The van der Waals surface area contributed by atoms with Crippen molar-refractivity contribution in [3.63, 3.8) is 0 Å². The average Bonchev–Trinajstić information content (AvgIpc) is 3.02. The summed E-state index contributed by atoms with van der Waals surface area (Å²) in [7, 11) is 2.03.